The number of hydrogen-bond acceptors (Lipinski definition) is 11. The number of nitrogens with one attached hydrogen (secondary N) is 5. The molecular weight excluding hydrogens is 1030 g/mol. The number of hydrogen-bond donors (Lipinski definition) is 7. The molecule has 79 heavy (non-hydrogen) atoms. The highest BCUT2D eigenvalue weighted by atomic mass is 19.1. The molecule has 1 aromatic heterocycles. The third-order valence-corrected chi connectivity index (χ3v) is 13.1. The highest BCUT2D eigenvalue weighted by Crippen LogP contribution is 2.40. The van der Waals surface area contributed by atoms with Gasteiger partial charge in [-0.15, -0.1) is 0 Å². The van der Waals surface area contributed by atoms with Crippen molar-refractivity contribution in [2.75, 3.05) is 31.6 Å². The highest BCUT2D eigenvalue weighted by molar-refractivity contribution is 6.12. The summed E-state index contributed by atoms with van der Waals surface area (Å²) in [6, 6.07) is 13.7. The van der Waals surface area contributed by atoms with Crippen LogP contribution in [0.25, 0.3) is 11.3 Å². The lowest BCUT2D eigenvalue weighted by molar-refractivity contribution is -0.137. The summed E-state index contributed by atoms with van der Waals surface area (Å²) in [4.78, 5) is 109. The summed E-state index contributed by atoms with van der Waals surface area (Å²) in [5, 5.41) is 20.5. The zero-order valence-electron chi connectivity index (χ0n) is 45.1. The molecule has 0 saturated heterocycles. The number of carbonyl (C=O) groups is 8. The Labute approximate surface area is 457 Å². The average Bonchev–Trinajstić information content (AvgIpc) is 4.10. The number of unbranched alkanes of at least 4 members (excludes halogenated alkanes) is 2. The van der Waals surface area contributed by atoms with Crippen LogP contribution in [0.1, 0.15) is 109 Å². The summed E-state index contributed by atoms with van der Waals surface area (Å²) in [5.41, 5.74) is 7.66. The molecule has 23 heteroatoms. The first-order valence-electron chi connectivity index (χ1n) is 26.1. The quantitative estimate of drug-likeness (QED) is 0.0120. The van der Waals surface area contributed by atoms with E-state index in [0.717, 1.165) is 28.7 Å². The maximum absolute atomic E-state index is 15.1. The number of primary amides is 1. The van der Waals surface area contributed by atoms with Crippen molar-refractivity contribution < 1.29 is 61.5 Å². The number of nitrogens with zero attached hydrogens (tertiary/aromatic N) is 4. The number of imide groups is 1. The third-order valence-electron chi connectivity index (χ3n) is 13.1. The Kier molecular flexibility index (Phi) is 23.1. The minimum absolute atomic E-state index is 0.0855. The number of amides is 9. The van der Waals surface area contributed by atoms with Gasteiger partial charge in [-0.3, -0.25) is 34.1 Å². The molecule has 9 amide bonds. The summed E-state index contributed by atoms with van der Waals surface area (Å²) in [6.45, 7) is 7.99. The molecule has 0 bridgehead atoms. The van der Waals surface area contributed by atoms with Crippen LogP contribution in [0.2, 0.25) is 0 Å². The Morgan fingerprint density at radius 3 is 2.19 bits per heavy atom. The smallest absolute Gasteiger partial charge is 0.407 e. The number of alkyl carbamates (subject to hydrolysis) is 1. The maximum atomic E-state index is 15.1. The summed E-state index contributed by atoms with van der Waals surface area (Å²) in [5.74, 6) is -4.34. The van der Waals surface area contributed by atoms with Crippen molar-refractivity contribution in [3.05, 3.63) is 120 Å². The largest absolute Gasteiger partial charge is 0.445 e. The zero-order valence-corrected chi connectivity index (χ0v) is 45.1. The van der Waals surface area contributed by atoms with Gasteiger partial charge in [-0.1, -0.05) is 83.5 Å². The molecule has 0 unspecified atom stereocenters. The number of halogens is 3. The molecule has 0 spiro atoms. The zero-order chi connectivity index (χ0) is 57.8. The predicted molar refractivity (Wildman–Crippen MR) is 286 cm³/mol. The van der Waals surface area contributed by atoms with Crippen molar-refractivity contribution in [3.8, 4) is 11.3 Å². The molecule has 1 aliphatic rings. The first-order chi connectivity index (χ1) is 37.6. The van der Waals surface area contributed by atoms with Gasteiger partial charge in [0, 0.05) is 74.5 Å². The van der Waals surface area contributed by atoms with Crippen molar-refractivity contribution in [2.45, 2.75) is 117 Å². The molecule has 20 nitrogen and oxygen atoms in total. The van der Waals surface area contributed by atoms with E-state index in [1.807, 2.05) is 51.1 Å². The van der Waals surface area contributed by atoms with Gasteiger partial charge < -0.3 is 41.2 Å². The molecule has 8 N–H and O–H groups in total. The van der Waals surface area contributed by atoms with Crippen molar-refractivity contribution in [3.63, 3.8) is 0 Å². The molecule has 3 aromatic carbocycles. The van der Waals surface area contributed by atoms with Crippen molar-refractivity contribution in [2.24, 2.45) is 23.0 Å². The van der Waals surface area contributed by atoms with Crippen LogP contribution >= 0.6 is 0 Å². The van der Waals surface area contributed by atoms with Gasteiger partial charge >= 0.3 is 18.2 Å². The van der Waals surface area contributed by atoms with Crippen LogP contribution < -0.4 is 32.5 Å². The Hall–Kier alpha value is -8.08. The van der Waals surface area contributed by atoms with Crippen LogP contribution in [0.15, 0.2) is 91.1 Å². The molecule has 1 aliphatic heterocycles. The van der Waals surface area contributed by atoms with Crippen LogP contribution in [-0.4, -0.2) is 111 Å². The molecule has 0 radical (unpaired) electrons. The maximum Gasteiger partial charge on any atom is 0.407 e. The third kappa shape index (κ3) is 18.8. The van der Waals surface area contributed by atoms with E-state index >= 15 is 4.39 Å². The van der Waals surface area contributed by atoms with Crippen LogP contribution in [0, 0.1) is 28.9 Å². The van der Waals surface area contributed by atoms with Gasteiger partial charge in [-0.25, -0.2) is 38.0 Å². The second-order valence-corrected chi connectivity index (χ2v) is 20.7. The standard InChI is InChI=1S/C56H71F3N10O10/c1-35(2)49(65-46(71)16-10-7-11-27-68-47(72)23-24-48(68)73)45(70)29-38(15-12-26-61-53(60)75)52(74)62-40-20-17-37(18-21-40)34-79-55(77)63-41(31-57)25-28-69(54(76)66-78)50(56(3,4)5)51-64-44(42-30-39(58)19-22-43(42)59)33-67(51)32-36-13-8-6-9-14-36/h6,8-9,13-14,17-24,30,33,35,38,41,49-50,78H,7,10-12,15-16,25-29,31-32,34H2,1-5H3,(H,62,74)(H,63,77)(H,65,71)(H,66,76)(H3,60,61,75)/t38-,41+,49+,50+/m1/s1. The molecule has 0 aliphatic carbocycles. The number of benzene rings is 3. The lowest BCUT2D eigenvalue weighted by Crippen LogP contribution is -2.48. The Morgan fingerprint density at radius 1 is 0.861 bits per heavy atom. The fourth-order valence-electron chi connectivity index (χ4n) is 9.06. The monoisotopic (exact) mass is 1100 g/mol. The van der Waals surface area contributed by atoms with Gasteiger partial charge in [0.1, 0.15) is 30.7 Å². The van der Waals surface area contributed by atoms with Gasteiger partial charge in [0.2, 0.25) is 11.8 Å². The van der Waals surface area contributed by atoms with Gasteiger partial charge in [0.15, 0.2) is 5.78 Å². The first-order valence-corrected chi connectivity index (χ1v) is 26.1. The number of hydroxylamine groups is 1. The van der Waals surface area contributed by atoms with Crippen molar-refractivity contribution >= 4 is 53.3 Å². The fraction of sp³-hybridized carbons (Fsp3) is 0.446. The molecule has 0 saturated carbocycles. The summed E-state index contributed by atoms with van der Waals surface area (Å²) >= 11 is 0. The Bertz CT molecular complexity index is 2770. The highest BCUT2D eigenvalue weighted by Gasteiger charge is 2.39. The normalized spacial score (nSPS) is 13.8. The van der Waals surface area contributed by atoms with E-state index in [1.165, 1.54) is 17.1 Å². The molecule has 4 aromatic rings. The van der Waals surface area contributed by atoms with E-state index in [-0.39, 0.29) is 105 Å². The van der Waals surface area contributed by atoms with Crippen LogP contribution in [0.5, 0.6) is 0 Å². The number of nitrogens with two attached hydrogens (primary N) is 1. The number of alkyl halides is 1. The Balaban J connectivity index is 1.18. The minimum atomic E-state index is -1.18. The molecule has 0 fully saturated rings. The van der Waals surface area contributed by atoms with Crippen molar-refractivity contribution in [1.82, 2.24) is 40.8 Å². The topological polar surface area (TPSA) is 276 Å². The van der Waals surface area contributed by atoms with E-state index in [0.29, 0.717) is 36.9 Å². The second kappa shape index (κ2) is 29.6. The number of urea groups is 2. The first kappa shape index (κ1) is 61.8. The second-order valence-electron chi connectivity index (χ2n) is 20.7. The summed E-state index contributed by atoms with van der Waals surface area (Å²) in [6.07, 6.45) is 4.71. The number of ether oxygens (including phenoxy) is 1. The predicted octanol–water partition coefficient (Wildman–Crippen LogP) is 7.61. The van der Waals surface area contributed by atoms with E-state index in [1.54, 1.807) is 54.4 Å². The average molecular weight is 1100 g/mol. The number of Topliss-reactive ketones (excluding diaryl/α,β-unsaturated/α-hetero) is 1. The van der Waals surface area contributed by atoms with Gasteiger partial charge in [0.05, 0.1) is 23.8 Å². The van der Waals surface area contributed by atoms with Crippen LogP contribution in [0.3, 0.4) is 0 Å². The molecule has 5 rings (SSSR count). The number of imidazole rings is 1. The minimum Gasteiger partial charge on any atom is -0.445 e. The Morgan fingerprint density at radius 2 is 1.56 bits per heavy atom. The van der Waals surface area contributed by atoms with Gasteiger partial charge in [-0.2, -0.15) is 0 Å². The summed E-state index contributed by atoms with van der Waals surface area (Å²) in [7, 11) is 0. The number of carbonyl (C=O) groups excluding carboxylic acids is 8. The molecule has 4 atom stereocenters. The van der Waals surface area contributed by atoms with Gasteiger partial charge in [0.25, 0.3) is 11.8 Å². The number of aromatic nitrogens is 2. The number of ketones is 1. The van der Waals surface area contributed by atoms with Gasteiger partial charge in [-0.05, 0) is 84.9 Å². The molecular formula is C56H71F3N10O10. The molecule has 426 valence electrons. The van der Waals surface area contributed by atoms with Crippen LogP contribution in [0.4, 0.5) is 33.2 Å². The lowest BCUT2D eigenvalue weighted by Gasteiger charge is -2.40. The molecule has 2 heterocycles. The van der Waals surface area contributed by atoms with E-state index < -0.39 is 71.8 Å². The number of anilines is 1. The van der Waals surface area contributed by atoms with E-state index in [2.05, 4.69) is 21.3 Å². The summed E-state index contributed by atoms with van der Waals surface area (Å²) < 4.78 is 51.3. The van der Waals surface area contributed by atoms with Crippen LogP contribution in [-0.2, 0) is 41.9 Å². The fourth-order valence-corrected chi connectivity index (χ4v) is 9.06. The van der Waals surface area contributed by atoms with E-state index in [9.17, 15) is 52.3 Å². The van der Waals surface area contributed by atoms with E-state index in [4.69, 9.17) is 15.5 Å². The lowest BCUT2D eigenvalue weighted by atomic mass is 9.84. The SMILES string of the molecule is CC(C)[C@H](NC(=O)CCCCCN1C(=O)C=CC1=O)C(=O)C[C@@H](CCCNC(N)=O)C(=O)Nc1ccc(COC(=O)N[C@H](CF)CCN(C(=O)NO)[C@@H](c2nc(-c3cc(F)ccc3F)cn2Cc2ccccc2)C(C)(C)C)cc1. The number of rotatable bonds is 29. The van der Waals surface area contributed by atoms with Crippen molar-refractivity contribution in [1.29, 1.82) is 0 Å².